The van der Waals surface area contributed by atoms with E-state index in [1.54, 1.807) is 68.3 Å². The highest BCUT2D eigenvalue weighted by atomic mass is 16.7. The van der Waals surface area contributed by atoms with Gasteiger partial charge in [0.25, 0.3) is 11.8 Å². The highest BCUT2D eigenvalue weighted by Crippen LogP contribution is 2.35. The number of fused-ring (bicyclic) bond motifs is 1. The molecule has 2 heterocycles. The Morgan fingerprint density at radius 1 is 0.974 bits per heavy atom. The predicted octanol–water partition coefficient (Wildman–Crippen LogP) is 3.86. The summed E-state index contributed by atoms with van der Waals surface area (Å²) in [4.78, 5) is 38.4. The van der Waals surface area contributed by atoms with Crippen LogP contribution in [-0.2, 0) is 32.1 Å². The lowest BCUT2D eigenvalue weighted by Gasteiger charge is -2.20. The highest BCUT2D eigenvalue weighted by Gasteiger charge is 2.43. The summed E-state index contributed by atoms with van der Waals surface area (Å²) in [6, 6.07) is 14.2. The van der Waals surface area contributed by atoms with Crippen molar-refractivity contribution in [2.75, 3.05) is 13.2 Å². The van der Waals surface area contributed by atoms with E-state index < -0.39 is 17.5 Å². The SMILES string of the molecule is CC(C)(C)OC(=O)NCc1ccc(C(=O)NCc2ccc(OCC(=O)N3C=C4OC(C)(C)O[C@@H]4C3)cc2)cc1. The van der Waals surface area contributed by atoms with Crippen LogP contribution < -0.4 is 15.4 Å². The molecule has 2 aromatic rings. The number of carbonyl (C=O) groups is 3. The van der Waals surface area contributed by atoms with Crippen LogP contribution >= 0.6 is 0 Å². The van der Waals surface area contributed by atoms with Crippen molar-refractivity contribution < 1.29 is 33.3 Å². The van der Waals surface area contributed by atoms with Gasteiger partial charge in [-0.1, -0.05) is 24.3 Å². The zero-order valence-corrected chi connectivity index (χ0v) is 22.9. The highest BCUT2D eigenvalue weighted by molar-refractivity contribution is 5.94. The zero-order valence-electron chi connectivity index (χ0n) is 22.9. The maximum Gasteiger partial charge on any atom is 0.407 e. The van der Waals surface area contributed by atoms with Crippen molar-refractivity contribution in [1.29, 1.82) is 0 Å². The normalized spacial score (nSPS) is 17.5. The second-order valence-electron chi connectivity index (χ2n) is 10.9. The molecule has 1 fully saturated rings. The van der Waals surface area contributed by atoms with Crippen molar-refractivity contribution in [2.45, 2.75) is 65.2 Å². The molecule has 1 atom stereocenters. The third-order valence-corrected chi connectivity index (χ3v) is 5.86. The minimum atomic E-state index is -0.670. The fraction of sp³-hybridized carbons (Fsp3) is 0.414. The first kappa shape index (κ1) is 28.0. The number of amides is 3. The summed E-state index contributed by atoms with van der Waals surface area (Å²) in [5.74, 6) is 0.134. The molecule has 2 aromatic carbocycles. The standard InChI is InChI=1S/C29H35N3O7/c1-28(2,3)39-27(35)31-15-19-6-10-21(11-7-19)26(34)30-14-20-8-12-22(13-9-20)36-18-25(33)32-16-23-24(17-32)38-29(4,5)37-23/h6-13,16,24H,14-15,17-18H2,1-5H3,(H,30,34)(H,31,35)/t24-/m1/s1. The first-order valence-electron chi connectivity index (χ1n) is 12.8. The van der Waals surface area contributed by atoms with Gasteiger partial charge < -0.3 is 34.5 Å². The molecule has 10 heteroatoms. The number of ether oxygens (including phenoxy) is 4. The Bertz CT molecular complexity index is 1230. The van der Waals surface area contributed by atoms with Crippen molar-refractivity contribution in [2.24, 2.45) is 0 Å². The van der Waals surface area contributed by atoms with E-state index >= 15 is 0 Å². The van der Waals surface area contributed by atoms with Crippen LogP contribution in [0.1, 0.15) is 56.1 Å². The van der Waals surface area contributed by atoms with E-state index in [0.717, 1.165) is 11.1 Å². The summed E-state index contributed by atoms with van der Waals surface area (Å²) >= 11 is 0. The Morgan fingerprint density at radius 2 is 1.59 bits per heavy atom. The van der Waals surface area contributed by atoms with E-state index in [1.165, 1.54) is 0 Å². The fourth-order valence-corrected chi connectivity index (χ4v) is 4.05. The second kappa shape index (κ2) is 11.4. The van der Waals surface area contributed by atoms with Gasteiger partial charge in [0.2, 0.25) is 5.79 Å². The minimum Gasteiger partial charge on any atom is -0.484 e. The maximum atomic E-state index is 12.5. The molecule has 0 radical (unpaired) electrons. The van der Waals surface area contributed by atoms with E-state index in [9.17, 15) is 14.4 Å². The fourth-order valence-electron chi connectivity index (χ4n) is 4.05. The quantitative estimate of drug-likeness (QED) is 0.526. The average Bonchev–Trinajstić information content (AvgIpc) is 3.38. The molecular weight excluding hydrogens is 502 g/mol. The molecule has 0 unspecified atom stereocenters. The molecule has 2 aliphatic rings. The van der Waals surface area contributed by atoms with Gasteiger partial charge in [-0.25, -0.2) is 4.79 Å². The van der Waals surface area contributed by atoms with Gasteiger partial charge in [-0.2, -0.15) is 0 Å². The Hall–Kier alpha value is -4.05. The van der Waals surface area contributed by atoms with Gasteiger partial charge in [-0.05, 0) is 56.2 Å². The van der Waals surface area contributed by atoms with E-state index in [1.807, 2.05) is 26.0 Å². The number of hydrogen-bond donors (Lipinski definition) is 2. The lowest BCUT2D eigenvalue weighted by atomic mass is 10.1. The van der Waals surface area contributed by atoms with Crippen LogP contribution in [-0.4, -0.2) is 53.5 Å². The van der Waals surface area contributed by atoms with Crippen LogP contribution in [0.4, 0.5) is 4.79 Å². The predicted molar refractivity (Wildman–Crippen MR) is 142 cm³/mol. The molecule has 2 N–H and O–H groups in total. The van der Waals surface area contributed by atoms with Gasteiger partial charge in [-0.3, -0.25) is 9.59 Å². The lowest BCUT2D eigenvalue weighted by molar-refractivity contribution is -0.145. The molecule has 3 amide bonds. The van der Waals surface area contributed by atoms with Crippen LogP contribution in [0.3, 0.4) is 0 Å². The minimum absolute atomic E-state index is 0.112. The van der Waals surface area contributed by atoms with Crippen LogP contribution in [0.25, 0.3) is 0 Å². The topological polar surface area (TPSA) is 115 Å². The average molecular weight is 538 g/mol. The number of alkyl carbamates (subject to hydrolysis) is 1. The molecule has 4 rings (SSSR count). The van der Waals surface area contributed by atoms with Crippen molar-refractivity contribution in [1.82, 2.24) is 15.5 Å². The van der Waals surface area contributed by atoms with Crippen LogP contribution in [0.2, 0.25) is 0 Å². The van der Waals surface area contributed by atoms with Gasteiger partial charge >= 0.3 is 6.09 Å². The molecule has 0 spiro atoms. The molecule has 2 aliphatic heterocycles. The molecule has 39 heavy (non-hydrogen) atoms. The summed E-state index contributed by atoms with van der Waals surface area (Å²) < 4.78 is 22.3. The lowest BCUT2D eigenvalue weighted by Crippen LogP contribution is -2.34. The number of rotatable bonds is 8. The van der Waals surface area contributed by atoms with E-state index in [-0.39, 0.29) is 24.5 Å². The molecule has 0 aliphatic carbocycles. The van der Waals surface area contributed by atoms with Gasteiger partial charge in [0.05, 0.1) is 6.54 Å². The molecule has 208 valence electrons. The monoisotopic (exact) mass is 537 g/mol. The van der Waals surface area contributed by atoms with E-state index in [2.05, 4.69) is 10.6 Å². The van der Waals surface area contributed by atoms with Crippen molar-refractivity contribution >= 4 is 17.9 Å². The number of benzene rings is 2. The Balaban J connectivity index is 1.18. The summed E-state index contributed by atoms with van der Waals surface area (Å²) in [6.45, 7) is 10.0. The Labute approximate surface area is 228 Å². The van der Waals surface area contributed by atoms with Crippen molar-refractivity contribution in [3.05, 3.63) is 77.2 Å². The van der Waals surface area contributed by atoms with Crippen LogP contribution in [0.5, 0.6) is 5.75 Å². The third-order valence-electron chi connectivity index (χ3n) is 5.86. The first-order valence-corrected chi connectivity index (χ1v) is 12.8. The van der Waals surface area contributed by atoms with Crippen LogP contribution in [0, 0.1) is 0 Å². The molecule has 0 aromatic heterocycles. The molecule has 1 saturated heterocycles. The largest absolute Gasteiger partial charge is 0.484 e. The molecule has 0 saturated carbocycles. The number of nitrogens with one attached hydrogen (secondary N) is 2. The van der Waals surface area contributed by atoms with Gasteiger partial charge in [0.15, 0.2) is 6.61 Å². The maximum absolute atomic E-state index is 12.5. The van der Waals surface area contributed by atoms with E-state index in [0.29, 0.717) is 36.7 Å². The summed E-state index contributed by atoms with van der Waals surface area (Å²) in [5, 5.41) is 5.57. The second-order valence-corrected chi connectivity index (χ2v) is 10.9. The number of nitrogens with zero attached hydrogens (tertiary/aromatic N) is 1. The Kier molecular flexibility index (Phi) is 8.15. The van der Waals surface area contributed by atoms with Gasteiger partial charge in [-0.15, -0.1) is 0 Å². The zero-order chi connectivity index (χ0) is 28.2. The van der Waals surface area contributed by atoms with Crippen molar-refractivity contribution in [3.8, 4) is 5.75 Å². The third kappa shape index (κ3) is 7.97. The van der Waals surface area contributed by atoms with Gasteiger partial charge in [0.1, 0.15) is 23.2 Å². The van der Waals surface area contributed by atoms with Crippen LogP contribution in [0.15, 0.2) is 60.5 Å². The smallest absolute Gasteiger partial charge is 0.407 e. The number of carbonyl (C=O) groups excluding carboxylic acids is 3. The Morgan fingerprint density at radius 3 is 2.21 bits per heavy atom. The molecule has 0 bridgehead atoms. The molecular formula is C29H35N3O7. The molecule has 10 nitrogen and oxygen atoms in total. The van der Waals surface area contributed by atoms with Crippen molar-refractivity contribution in [3.63, 3.8) is 0 Å². The van der Waals surface area contributed by atoms with E-state index in [4.69, 9.17) is 18.9 Å². The summed E-state index contributed by atoms with van der Waals surface area (Å²) in [6.07, 6.45) is 0.941. The summed E-state index contributed by atoms with van der Waals surface area (Å²) in [5.41, 5.74) is 1.68. The summed E-state index contributed by atoms with van der Waals surface area (Å²) in [7, 11) is 0. The van der Waals surface area contributed by atoms with Gasteiger partial charge in [0, 0.05) is 38.7 Å². The number of hydrogen-bond acceptors (Lipinski definition) is 7. The first-order chi connectivity index (χ1) is 18.4.